The minimum absolute atomic E-state index is 0.0519. The van der Waals surface area contributed by atoms with Crippen molar-refractivity contribution in [1.82, 2.24) is 4.90 Å². The molecule has 0 spiro atoms. The number of nitro benzene ring substituents is 1. The summed E-state index contributed by atoms with van der Waals surface area (Å²) >= 11 is 1.80. The van der Waals surface area contributed by atoms with Gasteiger partial charge in [-0.05, 0) is 67.2 Å². The molecule has 1 fully saturated rings. The van der Waals surface area contributed by atoms with Gasteiger partial charge in [-0.25, -0.2) is 0 Å². The van der Waals surface area contributed by atoms with E-state index in [9.17, 15) is 14.9 Å². The van der Waals surface area contributed by atoms with Gasteiger partial charge in [-0.1, -0.05) is 6.07 Å². The number of nitrogens with zero attached hydrogens (tertiary/aromatic N) is 2. The average Bonchev–Trinajstić information content (AvgIpc) is 3.34. The van der Waals surface area contributed by atoms with E-state index in [4.69, 9.17) is 0 Å². The van der Waals surface area contributed by atoms with Crippen molar-refractivity contribution in [2.24, 2.45) is 5.92 Å². The Bertz CT molecular complexity index is 904. The van der Waals surface area contributed by atoms with Crippen LogP contribution >= 0.6 is 11.3 Å². The summed E-state index contributed by atoms with van der Waals surface area (Å²) in [4.78, 5) is 27.4. The van der Waals surface area contributed by atoms with E-state index in [1.165, 1.54) is 29.3 Å². The number of carbonyl (C=O) groups is 1. The van der Waals surface area contributed by atoms with Gasteiger partial charge in [0.2, 0.25) is 5.91 Å². The number of hydrogen-bond donors (Lipinski definition) is 1. The summed E-state index contributed by atoms with van der Waals surface area (Å²) in [7, 11) is 0. The summed E-state index contributed by atoms with van der Waals surface area (Å²) in [5.74, 6) is 0.442. The second-order valence-corrected chi connectivity index (χ2v) is 8.51. The molecule has 1 N–H and O–H groups in total. The van der Waals surface area contributed by atoms with E-state index in [1.54, 1.807) is 17.4 Å². The normalized spacial score (nSPS) is 19.6. The summed E-state index contributed by atoms with van der Waals surface area (Å²) in [6.45, 7) is 4.82. The molecule has 1 aromatic heterocycles. The zero-order valence-electron chi connectivity index (χ0n) is 15.5. The molecule has 142 valence electrons. The fourth-order valence-corrected chi connectivity index (χ4v) is 4.93. The number of fused-ring (bicyclic) bond motifs is 1. The quantitative estimate of drug-likeness (QED) is 0.618. The second kappa shape index (κ2) is 7.05. The first-order valence-electron chi connectivity index (χ1n) is 9.30. The van der Waals surface area contributed by atoms with Crippen molar-refractivity contribution in [2.75, 3.05) is 18.4 Å². The standard InChI is InChI=1S/C20H23N3O3S/c1-12-3-6-16(23(25)26)19(13(12)2)21-18(24)11-22-9-7-17-15(8-10-27-17)20(22)14-4-5-14/h3,6,8,10,14,20H,4-5,7,9,11H2,1-2H3,(H,21,24)/t20-/m0/s1. The van der Waals surface area contributed by atoms with Gasteiger partial charge < -0.3 is 5.32 Å². The van der Waals surface area contributed by atoms with Crippen LogP contribution in [0.15, 0.2) is 23.6 Å². The van der Waals surface area contributed by atoms with Crippen molar-refractivity contribution in [3.63, 3.8) is 0 Å². The van der Waals surface area contributed by atoms with Crippen molar-refractivity contribution < 1.29 is 9.72 Å². The van der Waals surface area contributed by atoms with Gasteiger partial charge >= 0.3 is 0 Å². The number of nitrogens with one attached hydrogen (secondary N) is 1. The lowest BCUT2D eigenvalue weighted by molar-refractivity contribution is -0.384. The SMILES string of the molecule is Cc1ccc([N+](=O)[O-])c(NC(=O)CN2CCc3sccc3[C@@H]2C2CC2)c1C. The van der Waals surface area contributed by atoms with Gasteiger partial charge in [0.15, 0.2) is 0 Å². The van der Waals surface area contributed by atoms with E-state index in [0.717, 1.165) is 24.1 Å². The molecule has 1 aliphatic carbocycles. The van der Waals surface area contributed by atoms with Crippen molar-refractivity contribution in [2.45, 2.75) is 39.2 Å². The third-order valence-corrected chi connectivity index (χ3v) is 6.70. The predicted molar refractivity (Wildman–Crippen MR) is 106 cm³/mol. The first kappa shape index (κ1) is 18.1. The molecule has 2 aliphatic rings. The van der Waals surface area contributed by atoms with E-state index in [1.807, 2.05) is 13.8 Å². The van der Waals surface area contributed by atoms with E-state index in [2.05, 4.69) is 21.7 Å². The van der Waals surface area contributed by atoms with E-state index in [0.29, 0.717) is 17.6 Å². The minimum atomic E-state index is -0.437. The number of nitro groups is 1. The molecule has 4 rings (SSSR count). The Hall–Kier alpha value is -2.25. The van der Waals surface area contributed by atoms with Crippen LogP contribution in [0.2, 0.25) is 0 Å². The van der Waals surface area contributed by atoms with Crippen molar-refractivity contribution >= 4 is 28.6 Å². The minimum Gasteiger partial charge on any atom is -0.319 e. The fraction of sp³-hybridized carbons (Fsp3) is 0.450. The number of anilines is 1. The molecule has 1 saturated carbocycles. The van der Waals surface area contributed by atoms with Crippen LogP contribution in [0, 0.1) is 29.9 Å². The molecular formula is C20H23N3O3S. The Morgan fingerprint density at radius 2 is 2.11 bits per heavy atom. The highest BCUT2D eigenvalue weighted by molar-refractivity contribution is 7.10. The van der Waals surface area contributed by atoms with Gasteiger partial charge in [0.05, 0.1) is 11.5 Å². The highest BCUT2D eigenvalue weighted by Crippen LogP contribution is 2.48. The van der Waals surface area contributed by atoms with Gasteiger partial charge in [-0.3, -0.25) is 19.8 Å². The summed E-state index contributed by atoms with van der Waals surface area (Å²) in [6.07, 6.45) is 3.38. The van der Waals surface area contributed by atoms with Crippen LogP contribution in [-0.2, 0) is 11.2 Å². The lowest BCUT2D eigenvalue weighted by Gasteiger charge is -2.35. The Balaban J connectivity index is 1.54. The van der Waals surface area contributed by atoms with Crippen LogP contribution < -0.4 is 5.32 Å². The average molecular weight is 385 g/mol. The molecule has 6 nitrogen and oxygen atoms in total. The van der Waals surface area contributed by atoms with Crippen LogP contribution in [0.4, 0.5) is 11.4 Å². The van der Waals surface area contributed by atoms with E-state index in [-0.39, 0.29) is 18.1 Å². The van der Waals surface area contributed by atoms with Gasteiger partial charge in [-0.2, -0.15) is 0 Å². The summed E-state index contributed by atoms with van der Waals surface area (Å²) in [6, 6.07) is 5.68. The zero-order chi connectivity index (χ0) is 19.1. The maximum absolute atomic E-state index is 12.8. The number of amides is 1. The van der Waals surface area contributed by atoms with Gasteiger partial charge in [0.1, 0.15) is 5.69 Å². The van der Waals surface area contributed by atoms with Crippen LogP contribution in [-0.4, -0.2) is 28.8 Å². The molecule has 27 heavy (non-hydrogen) atoms. The van der Waals surface area contributed by atoms with Crippen LogP contribution in [0.1, 0.15) is 40.5 Å². The molecule has 1 atom stereocenters. The van der Waals surface area contributed by atoms with Crippen molar-refractivity contribution in [3.05, 3.63) is 55.3 Å². The van der Waals surface area contributed by atoms with Gasteiger partial charge in [0.25, 0.3) is 5.69 Å². The molecule has 0 saturated heterocycles. The highest BCUT2D eigenvalue weighted by atomic mass is 32.1. The van der Waals surface area contributed by atoms with Crippen molar-refractivity contribution in [3.8, 4) is 0 Å². The molecule has 2 heterocycles. The molecule has 0 radical (unpaired) electrons. The monoisotopic (exact) mass is 385 g/mol. The number of thiophene rings is 1. The lowest BCUT2D eigenvalue weighted by Crippen LogP contribution is -2.41. The zero-order valence-corrected chi connectivity index (χ0v) is 16.3. The first-order chi connectivity index (χ1) is 13.0. The van der Waals surface area contributed by atoms with Crippen LogP contribution in [0.3, 0.4) is 0 Å². The topological polar surface area (TPSA) is 75.5 Å². The molecule has 7 heteroatoms. The maximum atomic E-state index is 12.8. The summed E-state index contributed by atoms with van der Waals surface area (Å²) in [5, 5.41) is 16.3. The van der Waals surface area contributed by atoms with Gasteiger partial charge in [-0.15, -0.1) is 11.3 Å². The molecule has 1 aliphatic heterocycles. The van der Waals surface area contributed by atoms with Crippen LogP contribution in [0.25, 0.3) is 0 Å². The maximum Gasteiger partial charge on any atom is 0.293 e. The smallest absolute Gasteiger partial charge is 0.293 e. The summed E-state index contributed by atoms with van der Waals surface area (Å²) < 4.78 is 0. The Labute approximate surface area is 162 Å². The number of carbonyl (C=O) groups excluding carboxylic acids is 1. The molecule has 0 bridgehead atoms. The van der Waals surface area contributed by atoms with E-state index >= 15 is 0 Å². The summed E-state index contributed by atoms with van der Waals surface area (Å²) in [5.41, 5.74) is 3.31. The fourth-order valence-electron chi connectivity index (χ4n) is 4.01. The lowest BCUT2D eigenvalue weighted by atomic mass is 9.96. The molecule has 1 amide bonds. The van der Waals surface area contributed by atoms with Gasteiger partial charge in [0, 0.05) is 23.5 Å². The number of benzene rings is 1. The Morgan fingerprint density at radius 3 is 2.81 bits per heavy atom. The third-order valence-electron chi connectivity index (χ3n) is 5.71. The predicted octanol–water partition coefficient (Wildman–Crippen LogP) is 4.22. The Morgan fingerprint density at radius 1 is 1.33 bits per heavy atom. The second-order valence-electron chi connectivity index (χ2n) is 7.51. The number of rotatable bonds is 5. The molecule has 1 aromatic carbocycles. The largest absolute Gasteiger partial charge is 0.319 e. The van der Waals surface area contributed by atoms with E-state index < -0.39 is 4.92 Å². The number of aryl methyl sites for hydroxylation is 1. The highest BCUT2D eigenvalue weighted by Gasteiger charge is 2.40. The third kappa shape index (κ3) is 3.49. The van der Waals surface area contributed by atoms with Crippen LogP contribution in [0.5, 0.6) is 0 Å². The molecule has 2 aromatic rings. The molecular weight excluding hydrogens is 362 g/mol. The molecule has 0 unspecified atom stereocenters. The Kier molecular flexibility index (Phi) is 4.74. The van der Waals surface area contributed by atoms with Crippen molar-refractivity contribution in [1.29, 1.82) is 0 Å². The number of hydrogen-bond acceptors (Lipinski definition) is 5. The first-order valence-corrected chi connectivity index (χ1v) is 10.2.